The molecule has 1 spiro atoms. The summed E-state index contributed by atoms with van der Waals surface area (Å²) in [5.41, 5.74) is 2.29. The Morgan fingerprint density at radius 1 is 1.07 bits per heavy atom. The maximum Gasteiger partial charge on any atom is 0.292 e. The van der Waals surface area contributed by atoms with E-state index in [1.54, 1.807) is 31.3 Å². The highest BCUT2D eigenvalue weighted by Crippen LogP contribution is 2.46. The average Bonchev–Trinajstić information content (AvgIpc) is 2.91. The summed E-state index contributed by atoms with van der Waals surface area (Å²) in [4.78, 5) is 15.0. The number of rotatable bonds is 4. The molecular weight excluding hydrogens is 370 g/mol. The second kappa shape index (κ2) is 7.03. The highest BCUT2D eigenvalue weighted by molar-refractivity contribution is 6.31. The van der Waals surface area contributed by atoms with E-state index in [4.69, 9.17) is 30.5 Å². The molecule has 0 saturated carbocycles. The first-order valence-electron chi connectivity index (χ1n) is 8.70. The fourth-order valence-corrected chi connectivity index (χ4v) is 3.71. The number of carbonyl (C=O) groups is 1. The summed E-state index contributed by atoms with van der Waals surface area (Å²) >= 11 is 6.18. The van der Waals surface area contributed by atoms with E-state index in [0.29, 0.717) is 41.8 Å². The van der Waals surface area contributed by atoms with Crippen molar-refractivity contribution in [2.24, 2.45) is 0 Å². The van der Waals surface area contributed by atoms with Gasteiger partial charge < -0.3 is 23.8 Å². The molecule has 1 saturated heterocycles. The molecule has 2 aromatic rings. The van der Waals surface area contributed by atoms with E-state index in [1.165, 1.54) is 0 Å². The predicted octanol–water partition coefficient (Wildman–Crippen LogP) is 3.49. The van der Waals surface area contributed by atoms with E-state index < -0.39 is 5.79 Å². The van der Waals surface area contributed by atoms with Crippen molar-refractivity contribution in [1.29, 1.82) is 0 Å². The summed E-state index contributed by atoms with van der Waals surface area (Å²) in [7, 11) is 3.17. The van der Waals surface area contributed by atoms with Gasteiger partial charge >= 0.3 is 0 Å². The summed E-state index contributed by atoms with van der Waals surface area (Å²) in [6, 6.07) is 10.9. The van der Waals surface area contributed by atoms with Gasteiger partial charge in [0, 0.05) is 10.6 Å². The Hall–Kier alpha value is -2.28. The minimum atomic E-state index is -1.41. The standard InChI is InChI=1S/C20H20ClNO5/c1-24-17-7-4-13(10-18(17)25-2)12-22-16-6-5-14(21)11-15(16)20(19(22)23)26-8-3-9-27-20/h4-7,10-11H,3,8-9,12H2,1-2H3. The van der Waals surface area contributed by atoms with Crippen LogP contribution < -0.4 is 14.4 Å². The maximum atomic E-state index is 13.3. The van der Waals surface area contributed by atoms with Crippen LogP contribution in [-0.2, 0) is 26.6 Å². The van der Waals surface area contributed by atoms with Crippen LogP contribution >= 0.6 is 11.6 Å². The molecule has 1 amide bonds. The lowest BCUT2D eigenvalue weighted by Crippen LogP contribution is -2.47. The van der Waals surface area contributed by atoms with Gasteiger partial charge in [-0.25, -0.2) is 0 Å². The quantitative estimate of drug-likeness (QED) is 0.801. The third kappa shape index (κ3) is 2.94. The summed E-state index contributed by atoms with van der Waals surface area (Å²) in [5, 5.41) is 0.534. The van der Waals surface area contributed by atoms with Crippen molar-refractivity contribution >= 4 is 23.2 Å². The first-order chi connectivity index (χ1) is 13.1. The summed E-state index contributed by atoms with van der Waals surface area (Å²) in [6.45, 7) is 1.27. The van der Waals surface area contributed by atoms with Crippen LogP contribution in [0.15, 0.2) is 36.4 Å². The van der Waals surface area contributed by atoms with Gasteiger partial charge in [-0.05, 0) is 42.3 Å². The first kappa shape index (κ1) is 18.1. The molecule has 0 N–H and O–H groups in total. The number of nitrogens with zero attached hydrogens (tertiary/aromatic N) is 1. The van der Waals surface area contributed by atoms with Gasteiger partial charge in [0.15, 0.2) is 11.5 Å². The van der Waals surface area contributed by atoms with Crippen molar-refractivity contribution < 1.29 is 23.7 Å². The number of hydrogen-bond donors (Lipinski definition) is 0. The number of halogens is 1. The van der Waals surface area contributed by atoms with Gasteiger partial charge in [-0.1, -0.05) is 17.7 Å². The highest BCUT2D eigenvalue weighted by Gasteiger charge is 2.54. The molecule has 7 heteroatoms. The van der Waals surface area contributed by atoms with Crippen molar-refractivity contribution in [3.05, 3.63) is 52.5 Å². The van der Waals surface area contributed by atoms with Crippen molar-refractivity contribution in [3.63, 3.8) is 0 Å². The smallest absolute Gasteiger partial charge is 0.292 e. The molecule has 1 fully saturated rings. The fourth-order valence-electron chi connectivity index (χ4n) is 3.54. The molecule has 0 unspecified atom stereocenters. The molecule has 0 aromatic heterocycles. The molecule has 27 heavy (non-hydrogen) atoms. The second-order valence-electron chi connectivity index (χ2n) is 6.41. The van der Waals surface area contributed by atoms with E-state index in [-0.39, 0.29) is 5.91 Å². The van der Waals surface area contributed by atoms with Crippen LogP contribution in [0, 0.1) is 0 Å². The Kier molecular flexibility index (Phi) is 4.72. The molecule has 0 aliphatic carbocycles. The zero-order chi connectivity index (χ0) is 19.0. The summed E-state index contributed by atoms with van der Waals surface area (Å²) in [5.74, 6) is -0.404. The Morgan fingerprint density at radius 2 is 1.81 bits per heavy atom. The van der Waals surface area contributed by atoms with Gasteiger partial charge in [-0.2, -0.15) is 0 Å². The lowest BCUT2D eigenvalue weighted by Gasteiger charge is -2.32. The van der Waals surface area contributed by atoms with E-state index in [1.807, 2.05) is 24.3 Å². The number of ether oxygens (including phenoxy) is 4. The van der Waals surface area contributed by atoms with E-state index >= 15 is 0 Å². The summed E-state index contributed by atoms with van der Waals surface area (Å²) < 4.78 is 22.4. The third-order valence-electron chi connectivity index (χ3n) is 4.82. The lowest BCUT2D eigenvalue weighted by atomic mass is 10.1. The fraction of sp³-hybridized carbons (Fsp3) is 0.350. The topological polar surface area (TPSA) is 57.2 Å². The van der Waals surface area contributed by atoms with Crippen molar-refractivity contribution in [2.45, 2.75) is 18.8 Å². The normalized spacial score (nSPS) is 17.9. The zero-order valence-corrected chi connectivity index (χ0v) is 15.9. The van der Waals surface area contributed by atoms with Crippen LogP contribution in [0.4, 0.5) is 5.69 Å². The van der Waals surface area contributed by atoms with Crippen molar-refractivity contribution in [2.75, 3.05) is 32.3 Å². The zero-order valence-electron chi connectivity index (χ0n) is 15.2. The molecule has 4 rings (SSSR count). The number of carbonyl (C=O) groups excluding carboxylic acids is 1. The molecule has 0 atom stereocenters. The van der Waals surface area contributed by atoms with Crippen LogP contribution in [0.25, 0.3) is 0 Å². The molecule has 142 valence electrons. The number of methoxy groups -OCH3 is 2. The molecule has 2 heterocycles. The van der Waals surface area contributed by atoms with Gasteiger partial charge in [-0.15, -0.1) is 0 Å². The highest BCUT2D eigenvalue weighted by atomic mass is 35.5. The number of hydrogen-bond acceptors (Lipinski definition) is 5. The minimum Gasteiger partial charge on any atom is -0.493 e. The molecule has 2 aromatic carbocycles. The van der Waals surface area contributed by atoms with Crippen molar-refractivity contribution in [3.8, 4) is 11.5 Å². The summed E-state index contributed by atoms with van der Waals surface area (Å²) in [6.07, 6.45) is 0.751. The van der Waals surface area contributed by atoms with Crippen LogP contribution in [0.1, 0.15) is 17.5 Å². The lowest BCUT2D eigenvalue weighted by molar-refractivity contribution is -0.256. The van der Waals surface area contributed by atoms with E-state index in [2.05, 4.69) is 0 Å². The second-order valence-corrected chi connectivity index (χ2v) is 6.85. The van der Waals surface area contributed by atoms with Gasteiger partial charge in [0.05, 0.1) is 39.7 Å². The predicted molar refractivity (Wildman–Crippen MR) is 100 cm³/mol. The molecular formula is C20H20ClNO5. The Morgan fingerprint density at radius 3 is 2.52 bits per heavy atom. The molecule has 0 bridgehead atoms. The molecule has 2 aliphatic heterocycles. The SMILES string of the molecule is COc1ccc(CN2C(=O)C3(OCCCO3)c3cc(Cl)ccc32)cc1OC. The van der Waals surface area contributed by atoms with Crippen LogP contribution in [0.5, 0.6) is 11.5 Å². The Bertz CT molecular complexity index is 879. The number of benzene rings is 2. The molecule has 6 nitrogen and oxygen atoms in total. The first-order valence-corrected chi connectivity index (χ1v) is 9.07. The molecule has 2 aliphatic rings. The third-order valence-corrected chi connectivity index (χ3v) is 5.05. The van der Waals surface area contributed by atoms with Crippen LogP contribution in [-0.4, -0.2) is 33.3 Å². The monoisotopic (exact) mass is 389 g/mol. The minimum absolute atomic E-state index is 0.241. The average molecular weight is 390 g/mol. The van der Waals surface area contributed by atoms with Crippen LogP contribution in [0.3, 0.4) is 0 Å². The number of amides is 1. The van der Waals surface area contributed by atoms with Gasteiger partial charge in [0.2, 0.25) is 0 Å². The number of fused-ring (bicyclic) bond motifs is 2. The Balaban J connectivity index is 1.73. The van der Waals surface area contributed by atoms with Gasteiger partial charge in [-0.3, -0.25) is 4.79 Å². The largest absolute Gasteiger partial charge is 0.493 e. The Labute approximate surface area is 162 Å². The number of anilines is 1. The molecule has 0 radical (unpaired) electrons. The maximum absolute atomic E-state index is 13.3. The van der Waals surface area contributed by atoms with E-state index in [0.717, 1.165) is 17.7 Å². The van der Waals surface area contributed by atoms with Gasteiger partial charge in [0.25, 0.3) is 11.7 Å². The van der Waals surface area contributed by atoms with Crippen molar-refractivity contribution in [1.82, 2.24) is 0 Å². The van der Waals surface area contributed by atoms with Gasteiger partial charge in [0.1, 0.15) is 0 Å². The van der Waals surface area contributed by atoms with Crippen LogP contribution in [0.2, 0.25) is 5.02 Å². The van der Waals surface area contributed by atoms with E-state index in [9.17, 15) is 4.79 Å².